The van der Waals surface area contributed by atoms with E-state index >= 15 is 0 Å². The molecule has 0 bridgehead atoms. The third-order valence-corrected chi connectivity index (χ3v) is 7.31. The van der Waals surface area contributed by atoms with Crippen LogP contribution in [0.15, 0.2) is 90.5 Å². The van der Waals surface area contributed by atoms with Gasteiger partial charge in [0.25, 0.3) is 0 Å². The van der Waals surface area contributed by atoms with Gasteiger partial charge in [-0.05, 0) is 79.7 Å². The Hall–Kier alpha value is -3.30. The molecule has 0 fully saturated rings. The van der Waals surface area contributed by atoms with Crippen molar-refractivity contribution in [3.63, 3.8) is 0 Å². The summed E-state index contributed by atoms with van der Waals surface area (Å²) >= 11 is 0. The summed E-state index contributed by atoms with van der Waals surface area (Å²) in [5.74, 6) is 0. The van der Waals surface area contributed by atoms with Crippen molar-refractivity contribution in [2.75, 3.05) is 42.9 Å². The van der Waals surface area contributed by atoms with E-state index in [0.29, 0.717) is 6.04 Å². The van der Waals surface area contributed by atoms with E-state index in [-0.39, 0.29) is 0 Å². The van der Waals surface area contributed by atoms with Crippen molar-refractivity contribution in [2.45, 2.75) is 40.7 Å². The largest absolute Gasteiger partial charge is 0.385 e. The lowest BCUT2D eigenvalue weighted by Crippen LogP contribution is -2.32. The van der Waals surface area contributed by atoms with Gasteiger partial charge in [-0.3, -0.25) is 4.90 Å². The van der Waals surface area contributed by atoms with Gasteiger partial charge in [0.2, 0.25) is 0 Å². The third-order valence-electron chi connectivity index (χ3n) is 7.31. The first kappa shape index (κ1) is 25.8. The summed E-state index contributed by atoms with van der Waals surface area (Å²) in [6.45, 7) is 16.1. The van der Waals surface area contributed by atoms with Crippen molar-refractivity contribution < 1.29 is 0 Å². The lowest BCUT2D eigenvalue weighted by Gasteiger charge is -2.27. The first-order chi connectivity index (χ1) is 17.6. The van der Waals surface area contributed by atoms with Crippen LogP contribution in [0.25, 0.3) is 16.3 Å². The fraction of sp³-hybridized carbons (Fsp3) is 0.333. The van der Waals surface area contributed by atoms with Crippen LogP contribution in [0.5, 0.6) is 0 Å². The monoisotopic (exact) mass is 479 g/mol. The molecule has 188 valence electrons. The molecule has 1 aliphatic carbocycles. The average Bonchev–Trinajstić information content (AvgIpc) is 2.93. The van der Waals surface area contributed by atoms with Crippen LogP contribution in [0, 0.1) is 0 Å². The van der Waals surface area contributed by atoms with Crippen LogP contribution in [0.2, 0.25) is 0 Å². The molecule has 4 rings (SSSR count). The molecule has 0 unspecified atom stereocenters. The molecule has 0 atom stereocenters. The van der Waals surface area contributed by atoms with Gasteiger partial charge in [-0.1, -0.05) is 80.6 Å². The number of benzene rings is 3. The molecule has 3 aromatic rings. The maximum Gasteiger partial charge on any atom is 0.0467 e. The molecule has 0 aromatic heterocycles. The topological polar surface area (TPSA) is 18.5 Å². The Morgan fingerprint density at radius 1 is 0.722 bits per heavy atom. The van der Waals surface area contributed by atoms with Gasteiger partial charge in [-0.25, -0.2) is 0 Å². The lowest BCUT2D eigenvalue weighted by molar-refractivity contribution is 0.287. The fourth-order valence-corrected chi connectivity index (χ4v) is 5.35. The number of likely N-dealkylation sites (N-methyl/N-ethyl adjacent to an activating group) is 1. The molecule has 0 heterocycles. The third kappa shape index (κ3) is 5.27. The molecule has 3 aromatic carbocycles. The zero-order valence-electron chi connectivity index (χ0n) is 22.6. The summed E-state index contributed by atoms with van der Waals surface area (Å²) in [6.07, 6.45) is 9.34. The zero-order chi connectivity index (χ0) is 25.5. The second-order valence-corrected chi connectivity index (χ2v) is 9.22. The van der Waals surface area contributed by atoms with Gasteiger partial charge in [0.15, 0.2) is 0 Å². The molecule has 1 N–H and O–H groups in total. The van der Waals surface area contributed by atoms with Crippen LogP contribution in [0.1, 0.15) is 45.7 Å². The van der Waals surface area contributed by atoms with Crippen molar-refractivity contribution in [1.82, 2.24) is 4.90 Å². The van der Waals surface area contributed by atoms with E-state index < -0.39 is 0 Å². The smallest absolute Gasteiger partial charge is 0.0467 e. The first-order valence-corrected chi connectivity index (χ1v) is 13.6. The molecule has 0 spiro atoms. The maximum absolute atomic E-state index is 3.54. The van der Waals surface area contributed by atoms with Crippen LogP contribution in [0.4, 0.5) is 11.4 Å². The summed E-state index contributed by atoms with van der Waals surface area (Å²) in [5, 5.41) is 6.09. The summed E-state index contributed by atoms with van der Waals surface area (Å²) in [5.41, 5.74) is 7.53. The van der Waals surface area contributed by atoms with E-state index in [1.54, 1.807) is 0 Å². The Morgan fingerprint density at radius 2 is 1.36 bits per heavy atom. The molecular weight excluding hydrogens is 438 g/mol. The minimum atomic E-state index is 0.350. The lowest BCUT2D eigenvalue weighted by atomic mass is 9.87. The van der Waals surface area contributed by atoms with Crippen molar-refractivity contribution >= 4 is 27.7 Å². The van der Waals surface area contributed by atoms with Gasteiger partial charge in [0.05, 0.1) is 0 Å². The van der Waals surface area contributed by atoms with Gasteiger partial charge in [0.1, 0.15) is 0 Å². The number of hydrogen-bond donors (Lipinski definition) is 1. The molecule has 1 aliphatic rings. The molecule has 0 amide bonds. The summed E-state index contributed by atoms with van der Waals surface area (Å²) < 4.78 is 0. The molecule has 3 nitrogen and oxygen atoms in total. The van der Waals surface area contributed by atoms with Gasteiger partial charge in [0, 0.05) is 42.4 Å². The normalized spacial score (nSPS) is 15.1. The van der Waals surface area contributed by atoms with Gasteiger partial charge >= 0.3 is 0 Å². The van der Waals surface area contributed by atoms with Gasteiger partial charge in [-0.2, -0.15) is 0 Å². The second-order valence-electron chi connectivity index (χ2n) is 9.22. The Bertz CT molecular complexity index is 1230. The molecule has 0 radical (unpaired) electrons. The molecule has 0 saturated carbocycles. The predicted octanol–water partition coefficient (Wildman–Crippen LogP) is 7.76. The minimum Gasteiger partial charge on any atom is -0.385 e. The standard InChI is InChI=1S/C33H41N3/c1-6-34-32-24-23-31(29-13-11-12-14-30(29)32)33(25-15-19-27(20-16-25)35(7-2)8-3)26-17-21-28(22-18-26)36(9-4)10-5/h11-24,27,34H,6-10H2,1-5H3. The second kappa shape index (κ2) is 12.1. The number of allylic oxidation sites excluding steroid dienone is 3. The number of nitrogens with one attached hydrogen (secondary N) is 1. The van der Waals surface area contributed by atoms with E-state index in [0.717, 1.165) is 32.7 Å². The van der Waals surface area contributed by atoms with Crippen LogP contribution >= 0.6 is 0 Å². The van der Waals surface area contributed by atoms with Crippen molar-refractivity contribution in [3.05, 3.63) is 102 Å². The van der Waals surface area contributed by atoms with Crippen molar-refractivity contribution in [1.29, 1.82) is 0 Å². The Kier molecular flexibility index (Phi) is 8.66. The first-order valence-electron chi connectivity index (χ1n) is 13.6. The molecule has 0 saturated heterocycles. The average molecular weight is 480 g/mol. The molecule has 3 heteroatoms. The highest BCUT2D eigenvalue weighted by molar-refractivity contribution is 6.04. The van der Waals surface area contributed by atoms with E-state index in [1.165, 1.54) is 44.4 Å². The molecule has 36 heavy (non-hydrogen) atoms. The maximum atomic E-state index is 3.54. The van der Waals surface area contributed by atoms with E-state index in [4.69, 9.17) is 0 Å². The minimum absolute atomic E-state index is 0.350. The van der Waals surface area contributed by atoms with Crippen molar-refractivity contribution in [3.8, 4) is 0 Å². The number of rotatable bonds is 10. The Labute approximate surface area is 217 Å². The fourth-order valence-electron chi connectivity index (χ4n) is 5.35. The van der Waals surface area contributed by atoms with Crippen LogP contribution in [-0.4, -0.2) is 43.7 Å². The van der Waals surface area contributed by atoms with Crippen LogP contribution < -0.4 is 10.2 Å². The summed E-state index contributed by atoms with van der Waals surface area (Å²) in [7, 11) is 0. The summed E-state index contributed by atoms with van der Waals surface area (Å²) in [4.78, 5) is 4.87. The van der Waals surface area contributed by atoms with E-state index in [2.05, 4.69) is 135 Å². The number of hydrogen-bond acceptors (Lipinski definition) is 3. The SMILES string of the molecule is CCNc1ccc(C(=C2C=CC(N(CC)CC)C=C2)c2ccc(N(CC)CC)cc2)c2ccccc12. The van der Waals surface area contributed by atoms with Crippen LogP contribution in [-0.2, 0) is 0 Å². The van der Waals surface area contributed by atoms with E-state index in [9.17, 15) is 0 Å². The zero-order valence-corrected chi connectivity index (χ0v) is 22.6. The van der Waals surface area contributed by atoms with E-state index in [1.807, 2.05) is 0 Å². The van der Waals surface area contributed by atoms with Crippen LogP contribution in [0.3, 0.4) is 0 Å². The highest BCUT2D eigenvalue weighted by Gasteiger charge is 2.18. The number of anilines is 2. The summed E-state index contributed by atoms with van der Waals surface area (Å²) in [6, 6.07) is 22.8. The molecule has 0 aliphatic heterocycles. The number of nitrogens with zero attached hydrogens (tertiary/aromatic N) is 2. The van der Waals surface area contributed by atoms with Crippen molar-refractivity contribution in [2.24, 2.45) is 0 Å². The Morgan fingerprint density at radius 3 is 1.94 bits per heavy atom. The highest BCUT2D eigenvalue weighted by Crippen LogP contribution is 2.37. The number of fused-ring (bicyclic) bond motifs is 1. The highest BCUT2D eigenvalue weighted by atomic mass is 15.1. The van der Waals surface area contributed by atoms with Gasteiger partial charge in [-0.15, -0.1) is 0 Å². The molecular formula is C33H41N3. The van der Waals surface area contributed by atoms with Gasteiger partial charge < -0.3 is 10.2 Å². The predicted molar refractivity (Wildman–Crippen MR) is 159 cm³/mol. The quantitative estimate of drug-likeness (QED) is 0.321. The Balaban J connectivity index is 1.88.